The van der Waals surface area contributed by atoms with E-state index in [2.05, 4.69) is 5.32 Å². The molecule has 1 atom stereocenters. The van der Waals surface area contributed by atoms with E-state index in [-0.39, 0.29) is 11.6 Å². The van der Waals surface area contributed by atoms with Crippen LogP contribution in [0.3, 0.4) is 0 Å². The Balaban J connectivity index is 1.84. The molecule has 2 rings (SSSR count). The Morgan fingerprint density at radius 1 is 1.16 bits per heavy atom. The van der Waals surface area contributed by atoms with Gasteiger partial charge < -0.3 is 11.1 Å². The molecular weight excluding hydrogens is 246 g/mol. The van der Waals surface area contributed by atoms with Gasteiger partial charge in [-0.25, -0.2) is 8.78 Å². The molecule has 1 aromatic carbocycles. The summed E-state index contributed by atoms with van der Waals surface area (Å²) in [5.41, 5.74) is 6.81. The molecule has 1 saturated carbocycles. The standard InChI is InChI=1S/C15H22F2N2/c16-15(17)13-6-4-12(5-7-13)14(10-18)19-9-8-11-2-1-3-11/h4-7,11,14-15,19H,1-3,8-10,18H2. The van der Waals surface area contributed by atoms with Gasteiger partial charge in [-0.3, -0.25) is 0 Å². The first-order valence-electron chi connectivity index (χ1n) is 7.02. The Morgan fingerprint density at radius 3 is 2.26 bits per heavy atom. The fraction of sp³-hybridized carbons (Fsp3) is 0.600. The van der Waals surface area contributed by atoms with Crippen LogP contribution in [0.2, 0.25) is 0 Å². The monoisotopic (exact) mass is 268 g/mol. The van der Waals surface area contributed by atoms with Crippen molar-refractivity contribution in [3.63, 3.8) is 0 Å². The van der Waals surface area contributed by atoms with Gasteiger partial charge >= 0.3 is 0 Å². The zero-order valence-corrected chi connectivity index (χ0v) is 11.1. The molecule has 1 aromatic rings. The van der Waals surface area contributed by atoms with Crippen molar-refractivity contribution in [3.8, 4) is 0 Å². The topological polar surface area (TPSA) is 38.0 Å². The Bertz CT molecular complexity index is 374. The van der Waals surface area contributed by atoms with Crippen LogP contribution >= 0.6 is 0 Å². The average molecular weight is 268 g/mol. The summed E-state index contributed by atoms with van der Waals surface area (Å²) >= 11 is 0. The van der Waals surface area contributed by atoms with Crippen LogP contribution in [0.1, 0.15) is 49.3 Å². The molecule has 4 heteroatoms. The highest BCUT2D eigenvalue weighted by molar-refractivity contribution is 5.26. The third kappa shape index (κ3) is 3.98. The van der Waals surface area contributed by atoms with Gasteiger partial charge in [-0.2, -0.15) is 0 Å². The zero-order chi connectivity index (χ0) is 13.7. The highest BCUT2D eigenvalue weighted by atomic mass is 19.3. The van der Waals surface area contributed by atoms with Crippen molar-refractivity contribution in [1.82, 2.24) is 5.32 Å². The number of nitrogens with two attached hydrogens (primary N) is 1. The first-order chi connectivity index (χ1) is 9.20. The Labute approximate surface area is 113 Å². The highest BCUT2D eigenvalue weighted by Crippen LogP contribution is 2.29. The van der Waals surface area contributed by atoms with Crippen LogP contribution in [-0.2, 0) is 0 Å². The van der Waals surface area contributed by atoms with Gasteiger partial charge in [0.15, 0.2) is 0 Å². The normalized spacial score (nSPS) is 17.5. The molecule has 0 aromatic heterocycles. The maximum absolute atomic E-state index is 12.5. The number of hydrogen-bond donors (Lipinski definition) is 2. The number of alkyl halides is 2. The van der Waals surface area contributed by atoms with E-state index in [0.29, 0.717) is 6.54 Å². The molecule has 1 fully saturated rings. The molecule has 1 unspecified atom stereocenters. The second-order valence-electron chi connectivity index (χ2n) is 5.30. The SMILES string of the molecule is NCC(NCCC1CCC1)c1ccc(C(F)F)cc1. The predicted octanol–water partition coefficient (Wildman–Crippen LogP) is 3.40. The van der Waals surface area contributed by atoms with Crippen molar-refractivity contribution in [1.29, 1.82) is 0 Å². The Kier molecular flexibility index (Phi) is 5.28. The van der Waals surface area contributed by atoms with Crippen LogP contribution in [0, 0.1) is 5.92 Å². The summed E-state index contributed by atoms with van der Waals surface area (Å²) in [7, 11) is 0. The van der Waals surface area contributed by atoms with Gasteiger partial charge in [0.1, 0.15) is 0 Å². The maximum Gasteiger partial charge on any atom is 0.263 e. The van der Waals surface area contributed by atoms with E-state index in [4.69, 9.17) is 5.73 Å². The van der Waals surface area contributed by atoms with Crippen LogP contribution in [0.15, 0.2) is 24.3 Å². The van der Waals surface area contributed by atoms with Gasteiger partial charge in [-0.1, -0.05) is 43.5 Å². The molecule has 0 saturated heterocycles. The summed E-state index contributed by atoms with van der Waals surface area (Å²) in [6.45, 7) is 1.43. The number of rotatable bonds is 7. The summed E-state index contributed by atoms with van der Waals surface area (Å²) < 4.78 is 25.0. The first kappa shape index (κ1) is 14.4. The highest BCUT2D eigenvalue weighted by Gasteiger charge is 2.17. The number of hydrogen-bond acceptors (Lipinski definition) is 2. The van der Waals surface area contributed by atoms with Crippen molar-refractivity contribution in [2.45, 2.75) is 38.2 Å². The average Bonchev–Trinajstić information content (AvgIpc) is 2.37. The Morgan fingerprint density at radius 2 is 1.79 bits per heavy atom. The summed E-state index contributed by atoms with van der Waals surface area (Å²) in [4.78, 5) is 0. The second kappa shape index (κ2) is 6.96. The van der Waals surface area contributed by atoms with Crippen molar-refractivity contribution in [2.75, 3.05) is 13.1 Å². The van der Waals surface area contributed by atoms with E-state index in [9.17, 15) is 8.78 Å². The molecule has 19 heavy (non-hydrogen) atoms. The lowest BCUT2D eigenvalue weighted by Gasteiger charge is -2.26. The van der Waals surface area contributed by atoms with E-state index >= 15 is 0 Å². The first-order valence-corrected chi connectivity index (χ1v) is 7.02. The lowest BCUT2D eigenvalue weighted by atomic mass is 9.83. The van der Waals surface area contributed by atoms with E-state index in [1.807, 2.05) is 0 Å². The molecular formula is C15H22F2N2. The minimum Gasteiger partial charge on any atom is -0.329 e. The van der Waals surface area contributed by atoms with Crippen LogP contribution in [0.4, 0.5) is 8.78 Å². The zero-order valence-electron chi connectivity index (χ0n) is 11.1. The molecule has 0 aliphatic heterocycles. The smallest absolute Gasteiger partial charge is 0.263 e. The minimum absolute atomic E-state index is 0.0619. The maximum atomic E-state index is 12.5. The van der Waals surface area contributed by atoms with Crippen LogP contribution in [0.25, 0.3) is 0 Å². The molecule has 0 spiro atoms. The van der Waals surface area contributed by atoms with Crippen molar-refractivity contribution in [3.05, 3.63) is 35.4 Å². The molecule has 2 nitrogen and oxygen atoms in total. The van der Waals surface area contributed by atoms with Crippen molar-refractivity contribution < 1.29 is 8.78 Å². The molecule has 0 bridgehead atoms. The van der Waals surface area contributed by atoms with Crippen LogP contribution in [0.5, 0.6) is 0 Å². The number of benzene rings is 1. The summed E-state index contributed by atoms with van der Waals surface area (Å²) in [5, 5.41) is 3.42. The molecule has 0 amide bonds. The summed E-state index contributed by atoms with van der Waals surface area (Å²) in [6, 6.07) is 6.52. The largest absolute Gasteiger partial charge is 0.329 e. The lowest BCUT2D eigenvalue weighted by molar-refractivity contribution is 0.151. The van der Waals surface area contributed by atoms with Crippen molar-refractivity contribution in [2.24, 2.45) is 11.7 Å². The third-order valence-corrected chi connectivity index (χ3v) is 3.99. The predicted molar refractivity (Wildman–Crippen MR) is 73.2 cm³/mol. The summed E-state index contributed by atoms with van der Waals surface area (Å²) in [6.07, 6.45) is 2.83. The van der Waals surface area contributed by atoms with E-state index < -0.39 is 6.43 Å². The fourth-order valence-corrected chi connectivity index (χ4v) is 2.45. The molecule has 106 valence electrons. The van der Waals surface area contributed by atoms with Gasteiger partial charge in [0, 0.05) is 18.2 Å². The van der Waals surface area contributed by atoms with E-state index in [1.54, 1.807) is 12.1 Å². The minimum atomic E-state index is -2.41. The second-order valence-corrected chi connectivity index (χ2v) is 5.30. The third-order valence-electron chi connectivity index (χ3n) is 3.99. The van der Waals surface area contributed by atoms with Crippen molar-refractivity contribution >= 4 is 0 Å². The molecule has 3 N–H and O–H groups in total. The molecule has 1 aliphatic rings. The van der Waals surface area contributed by atoms with Gasteiger partial charge in [0.25, 0.3) is 6.43 Å². The lowest BCUT2D eigenvalue weighted by Crippen LogP contribution is -2.30. The van der Waals surface area contributed by atoms with Gasteiger partial charge in [0.2, 0.25) is 0 Å². The number of nitrogens with one attached hydrogen (secondary N) is 1. The number of halogens is 2. The molecule has 1 aliphatic carbocycles. The molecule has 0 radical (unpaired) electrons. The van der Waals surface area contributed by atoms with E-state index in [0.717, 1.165) is 18.0 Å². The molecule has 0 heterocycles. The fourth-order valence-electron chi connectivity index (χ4n) is 2.45. The van der Waals surface area contributed by atoms with Crippen LogP contribution < -0.4 is 11.1 Å². The van der Waals surface area contributed by atoms with Gasteiger partial charge in [-0.15, -0.1) is 0 Å². The summed E-state index contributed by atoms with van der Waals surface area (Å²) in [5.74, 6) is 0.868. The quantitative estimate of drug-likeness (QED) is 0.795. The van der Waals surface area contributed by atoms with Crippen LogP contribution in [-0.4, -0.2) is 13.1 Å². The van der Waals surface area contributed by atoms with Gasteiger partial charge in [-0.05, 0) is 24.4 Å². The Hall–Kier alpha value is -1.00. The van der Waals surface area contributed by atoms with E-state index in [1.165, 1.54) is 37.8 Å². The van der Waals surface area contributed by atoms with Gasteiger partial charge in [0.05, 0.1) is 0 Å².